The van der Waals surface area contributed by atoms with Gasteiger partial charge in [-0.25, -0.2) is 0 Å². The van der Waals surface area contributed by atoms with E-state index in [4.69, 9.17) is 21.1 Å². The number of hydrogen-bond acceptors (Lipinski definition) is 5. The van der Waals surface area contributed by atoms with Gasteiger partial charge >= 0.3 is 29.6 Å². The predicted octanol–water partition coefficient (Wildman–Crippen LogP) is -4.83. The van der Waals surface area contributed by atoms with Crippen molar-refractivity contribution in [2.75, 3.05) is 25.4 Å². The summed E-state index contributed by atoms with van der Waals surface area (Å²) in [7, 11) is -3.66. The van der Waals surface area contributed by atoms with E-state index in [0.29, 0.717) is 13.1 Å². The third kappa shape index (κ3) is 77.5. The zero-order valence-corrected chi connectivity index (χ0v) is 11.9. The van der Waals surface area contributed by atoms with Crippen molar-refractivity contribution in [2.45, 2.75) is 13.8 Å². The fourth-order valence-corrected chi connectivity index (χ4v) is 0. The molecule has 8 heteroatoms. The Balaban J connectivity index is -0.0000000553. The molecule has 5 N–H and O–H groups in total. The molecule has 0 atom stereocenters. The zero-order valence-electron chi connectivity index (χ0n) is 9.06. The Morgan fingerprint density at radius 2 is 1.36 bits per heavy atom. The van der Waals surface area contributed by atoms with Crippen LogP contribution in [0.3, 0.4) is 0 Å². The topological polar surface area (TPSA) is 129 Å². The molecule has 0 rings (SSSR count). The molecule has 6 nitrogen and oxygen atoms in total. The molecule has 0 amide bonds. The standard InChI is InChI=1S/C2H8N2.C2H6O3S.C2H5O.Na/c3-1-2-4;1-2-6(3,4)5;1-2-3;/h1-4H2;2H2,1H3,(H,3,4,5);2H2,1H3;/q;;-1;+1. The molecule has 0 aromatic heterocycles. The van der Waals surface area contributed by atoms with E-state index in [1.54, 1.807) is 6.92 Å². The third-order valence-corrected chi connectivity index (χ3v) is 1.26. The summed E-state index contributed by atoms with van der Waals surface area (Å²) in [6.07, 6.45) is 0. The maximum absolute atomic E-state index is 9.56. The summed E-state index contributed by atoms with van der Waals surface area (Å²) in [6, 6.07) is 0. The van der Waals surface area contributed by atoms with Crippen LogP contribution in [0.5, 0.6) is 0 Å². The van der Waals surface area contributed by atoms with Crippen LogP contribution >= 0.6 is 0 Å². The molecule has 0 saturated heterocycles. The molecule has 84 valence electrons. The smallest absolute Gasteiger partial charge is 0.855 e. The first kappa shape index (κ1) is 24.2. The molecule has 0 aliphatic carbocycles. The van der Waals surface area contributed by atoms with Crippen molar-refractivity contribution in [1.82, 2.24) is 0 Å². The summed E-state index contributed by atoms with van der Waals surface area (Å²) >= 11 is 0. The molecule has 14 heavy (non-hydrogen) atoms. The Morgan fingerprint density at radius 1 is 1.21 bits per heavy atom. The van der Waals surface area contributed by atoms with Crippen LogP contribution in [0.2, 0.25) is 0 Å². The molecule has 0 unspecified atom stereocenters. The van der Waals surface area contributed by atoms with Gasteiger partial charge in [-0.15, -0.1) is 6.61 Å². The molecule has 0 bridgehead atoms. The van der Waals surface area contributed by atoms with Crippen molar-refractivity contribution in [1.29, 1.82) is 0 Å². The van der Waals surface area contributed by atoms with Gasteiger partial charge in [-0.2, -0.15) is 8.42 Å². The third-order valence-electron chi connectivity index (χ3n) is 0.531. The Hall–Kier alpha value is 0.790. The van der Waals surface area contributed by atoms with Gasteiger partial charge in [-0.05, 0) is 6.92 Å². The summed E-state index contributed by atoms with van der Waals surface area (Å²) in [4.78, 5) is 0. The molecule has 0 aromatic rings. The van der Waals surface area contributed by atoms with Gasteiger partial charge in [0.15, 0.2) is 0 Å². The summed E-state index contributed by atoms with van der Waals surface area (Å²) in [5.41, 5.74) is 9.81. The van der Waals surface area contributed by atoms with Crippen LogP contribution in [-0.4, -0.2) is 38.4 Å². The summed E-state index contributed by atoms with van der Waals surface area (Å²) < 4.78 is 26.9. The molecule has 0 fully saturated rings. The van der Waals surface area contributed by atoms with Crippen molar-refractivity contribution in [3.05, 3.63) is 0 Å². The first-order valence-corrected chi connectivity index (χ1v) is 5.43. The second-order valence-corrected chi connectivity index (χ2v) is 3.48. The Kier molecular flexibility index (Phi) is 33.4. The summed E-state index contributed by atoms with van der Waals surface area (Å²) in [6.45, 7) is 4.13. The molecule has 0 spiro atoms. The van der Waals surface area contributed by atoms with Crippen LogP contribution in [0, 0.1) is 0 Å². The molecular formula is C6H19N2NaO4S. The van der Waals surface area contributed by atoms with Crippen LogP contribution in [0.15, 0.2) is 0 Å². The van der Waals surface area contributed by atoms with E-state index < -0.39 is 10.1 Å². The summed E-state index contributed by atoms with van der Waals surface area (Å²) in [5.74, 6) is -0.201. The van der Waals surface area contributed by atoms with Gasteiger partial charge in [0.1, 0.15) is 0 Å². The van der Waals surface area contributed by atoms with Gasteiger partial charge in [0.05, 0.1) is 5.75 Å². The molecular weight excluding hydrogens is 219 g/mol. The molecule has 0 aliphatic rings. The van der Waals surface area contributed by atoms with Crippen molar-refractivity contribution >= 4 is 10.1 Å². The minimum atomic E-state index is -3.66. The van der Waals surface area contributed by atoms with Crippen LogP contribution in [0.25, 0.3) is 0 Å². The summed E-state index contributed by atoms with van der Waals surface area (Å²) in [5, 5.41) is 8.93. The van der Waals surface area contributed by atoms with E-state index in [-0.39, 0.29) is 41.9 Å². The van der Waals surface area contributed by atoms with Gasteiger partial charge < -0.3 is 16.6 Å². The van der Waals surface area contributed by atoms with E-state index in [1.165, 1.54) is 6.92 Å². The molecule has 0 aliphatic heterocycles. The first-order chi connectivity index (χ1) is 5.89. The van der Waals surface area contributed by atoms with Crippen molar-refractivity contribution in [3.8, 4) is 0 Å². The van der Waals surface area contributed by atoms with E-state index in [0.717, 1.165) is 0 Å². The number of hydrogen-bond donors (Lipinski definition) is 3. The van der Waals surface area contributed by atoms with Gasteiger partial charge in [-0.3, -0.25) is 4.55 Å². The zero-order chi connectivity index (χ0) is 11.3. The second kappa shape index (κ2) is 19.4. The fraction of sp³-hybridized carbons (Fsp3) is 1.00. The van der Waals surface area contributed by atoms with Crippen LogP contribution < -0.4 is 46.1 Å². The van der Waals surface area contributed by atoms with Crippen molar-refractivity contribution in [2.24, 2.45) is 11.5 Å². The normalized spacial score (nSPS) is 8.43. The average Bonchev–Trinajstić information content (AvgIpc) is 2.05. The minimum absolute atomic E-state index is 0. The van der Waals surface area contributed by atoms with Crippen LogP contribution in [-0.2, 0) is 10.1 Å². The van der Waals surface area contributed by atoms with Crippen molar-refractivity contribution < 1.29 is 47.6 Å². The maximum atomic E-state index is 9.56. The van der Waals surface area contributed by atoms with E-state index in [9.17, 15) is 8.42 Å². The molecule has 0 radical (unpaired) electrons. The largest absolute Gasteiger partial charge is 1.00 e. The number of rotatable bonds is 2. The number of nitrogens with two attached hydrogens (primary N) is 2. The predicted molar refractivity (Wildman–Crippen MR) is 50.7 cm³/mol. The van der Waals surface area contributed by atoms with E-state index in [2.05, 4.69) is 0 Å². The molecule has 0 aromatic carbocycles. The average molecular weight is 238 g/mol. The SMILES string of the molecule is CCS(=O)(=O)O.CC[O-].NCCN.[Na+]. The van der Waals surface area contributed by atoms with Gasteiger partial charge in [0.25, 0.3) is 10.1 Å². The molecule has 0 saturated carbocycles. The molecule has 0 heterocycles. The van der Waals surface area contributed by atoms with E-state index in [1.807, 2.05) is 0 Å². The Morgan fingerprint density at radius 3 is 1.36 bits per heavy atom. The van der Waals surface area contributed by atoms with Crippen LogP contribution in [0.4, 0.5) is 0 Å². The Labute approximate surface area is 108 Å². The maximum Gasteiger partial charge on any atom is 1.00 e. The van der Waals surface area contributed by atoms with Crippen LogP contribution in [0.1, 0.15) is 13.8 Å². The van der Waals surface area contributed by atoms with Crippen molar-refractivity contribution in [3.63, 3.8) is 0 Å². The quantitative estimate of drug-likeness (QED) is 0.327. The van der Waals surface area contributed by atoms with Gasteiger partial charge in [0.2, 0.25) is 0 Å². The fourth-order valence-electron chi connectivity index (χ4n) is 0. The van der Waals surface area contributed by atoms with Gasteiger partial charge in [-0.1, -0.05) is 6.92 Å². The monoisotopic (exact) mass is 238 g/mol. The second-order valence-electron chi connectivity index (χ2n) is 1.74. The van der Waals surface area contributed by atoms with Gasteiger partial charge in [0, 0.05) is 13.1 Å². The Bertz CT molecular complexity index is 161. The van der Waals surface area contributed by atoms with E-state index >= 15 is 0 Å². The minimum Gasteiger partial charge on any atom is -0.855 e. The first-order valence-electron chi connectivity index (χ1n) is 3.82.